The second kappa shape index (κ2) is 22.0. The summed E-state index contributed by atoms with van der Waals surface area (Å²) in [5, 5.41) is 0. The van der Waals surface area contributed by atoms with E-state index in [1.54, 1.807) is 27.9 Å². The molecule has 0 amide bonds. The van der Waals surface area contributed by atoms with Gasteiger partial charge in [-0.3, -0.25) is 29.6 Å². The molecule has 4 fully saturated rings. The van der Waals surface area contributed by atoms with E-state index in [2.05, 4.69) is 43.7 Å². The van der Waals surface area contributed by atoms with Gasteiger partial charge < -0.3 is 11.5 Å². The largest absolute Gasteiger partial charge is 0.388 e. The van der Waals surface area contributed by atoms with E-state index < -0.39 is 0 Å². The first kappa shape index (κ1) is 38.3. The van der Waals surface area contributed by atoms with Crippen molar-refractivity contribution in [2.45, 2.75) is 99.8 Å². The van der Waals surface area contributed by atoms with Crippen LogP contribution in [0.15, 0.2) is 9.98 Å². The Bertz CT molecular complexity index is 527. The lowest BCUT2D eigenvalue weighted by atomic mass is 10.1. The molecule has 0 bridgehead atoms. The summed E-state index contributed by atoms with van der Waals surface area (Å²) in [6.07, 6.45) is 12.8. The number of hydrogen-bond donors (Lipinski definition) is 2. The maximum atomic E-state index is 5.04. The highest BCUT2D eigenvalue weighted by Gasteiger charge is 2.30. The summed E-state index contributed by atoms with van der Waals surface area (Å²) in [6.45, 7) is 11.5. The van der Waals surface area contributed by atoms with Gasteiger partial charge in [0.05, 0.1) is 24.0 Å². The Balaban J connectivity index is -0.000000407. The molecule has 2 atom stereocenters. The monoisotopic (exact) mass is 501 g/mol. The molecule has 0 spiro atoms. The molecule has 0 radical (unpaired) electrons. The summed E-state index contributed by atoms with van der Waals surface area (Å²) >= 11 is 0. The standard InChI is InChI=1S/C10H20N2.C8H16N2.2C3H8N2.3CH4/c1-11-7-5-9-12-8-4-2-3-6-10(11)12;1-9-5-3-7-10-6-2-4-8(9)10;2*1-3(4)5-2;;;/h10H,2-9H2,1H3;8H,2-7H2,1H3;2*1-2H3,(H2,4,5);3*1H4. The molecule has 0 saturated carbocycles. The van der Waals surface area contributed by atoms with Crippen LogP contribution in [0.1, 0.15) is 87.5 Å². The normalized spacial score (nSPS) is 25.5. The van der Waals surface area contributed by atoms with E-state index >= 15 is 0 Å². The molecule has 8 heteroatoms. The van der Waals surface area contributed by atoms with Crippen molar-refractivity contribution in [3.05, 3.63) is 0 Å². The van der Waals surface area contributed by atoms with Crippen molar-refractivity contribution < 1.29 is 0 Å². The lowest BCUT2D eigenvalue weighted by Gasteiger charge is -2.41. The Hall–Kier alpha value is -1.22. The molecule has 4 saturated heterocycles. The number of nitrogens with two attached hydrogens (primary N) is 2. The minimum Gasteiger partial charge on any atom is -0.388 e. The third-order valence-electron chi connectivity index (χ3n) is 6.79. The predicted octanol–water partition coefficient (Wildman–Crippen LogP) is 4.16. The fourth-order valence-corrected chi connectivity index (χ4v) is 4.82. The first-order valence-electron chi connectivity index (χ1n) is 12.6. The highest BCUT2D eigenvalue weighted by molar-refractivity contribution is 5.77. The van der Waals surface area contributed by atoms with Gasteiger partial charge in [0, 0.05) is 40.3 Å². The minimum atomic E-state index is 0. The van der Waals surface area contributed by atoms with E-state index in [0.717, 1.165) is 12.3 Å². The quantitative estimate of drug-likeness (QED) is 0.383. The van der Waals surface area contributed by atoms with Crippen LogP contribution in [-0.4, -0.2) is 111 Å². The fraction of sp³-hybridized carbons (Fsp3) is 0.926. The highest BCUT2D eigenvalue weighted by Crippen LogP contribution is 2.23. The zero-order chi connectivity index (χ0) is 23.9. The van der Waals surface area contributed by atoms with Crippen LogP contribution in [0, 0.1) is 0 Å². The van der Waals surface area contributed by atoms with E-state index in [-0.39, 0.29) is 22.3 Å². The second-order valence-corrected chi connectivity index (χ2v) is 9.42. The van der Waals surface area contributed by atoms with Crippen molar-refractivity contribution in [1.82, 2.24) is 19.6 Å². The molecule has 4 rings (SSSR count). The van der Waals surface area contributed by atoms with E-state index in [0.29, 0.717) is 11.7 Å². The highest BCUT2D eigenvalue weighted by atomic mass is 15.4. The van der Waals surface area contributed by atoms with Crippen molar-refractivity contribution in [3.63, 3.8) is 0 Å². The molecule has 35 heavy (non-hydrogen) atoms. The molecule has 0 aromatic heterocycles. The number of nitrogens with zero attached hydrogens (tertiary/aromatic N) is 6. The summed E-state index contributed by atoms with van der Waals surface area (Å²) in [7, 11) is 7.86. The van der Waals surface area contributed by atoms with Crippen molar-refractivity contribution >= 4 is 11.7 Å². The van der Waals surface area contributed by atoms with Gasteiger partial charge in [0.25, 0.3) is 0 Å². The first-order chi connectivity index (χ1) is 15.3. The molecule has 4 aliphatic heterocycles. The van der Waals surface area contributed by atoms with Crippen LogP contribution in [0.25, 0.3) is 0 Å². The fourth-order valence-electron chi connectivity index (χ4n) is 4.82. The molecule has 2 unspecified atom stereocenters. The van der Waals surface area contributed by atoms with Crippen LogP contribution in [0.4, 0.5) is 0 Å². The van der Waals surface area contributed by atoms with Crippen molar-refractivity contribution in [1.29, 1.82) is 0 Å². The zero-order valence-electron chi connectivity index (χ0n) is 21.9. The van der Waals surface area contributed by atoms with Gasteiger partial charge >= 0.3 is 0 Å². The molecular formula is C27H64N8. The predicted molar refractivity (Wildman–Crippen MR) is 160 cm³/mol. The van der Waals surface area contributed by atoms with Crippen molar-refractivity contribution in [2.24, 2.45) is 21.5 Å². The summed E-state index contributed by atoms with van der Waals surface area (Å²) < 4.78 is 0. The third kappa shape index (κ3) is 15.5. The molecule has 4 N–H and O–H groups in total. The van der Waals surface area contributed by atoms with Gasteiger partial charge in [-0.25, -0.2) is 0 Å². The van der Waals surface area contributed by atoms with Crippen LogP contribution >= 0.6 is 0 Å². The van der Waals surface area contributed by atoms with E-state index in [9.17, 15) is 0 Å². The molecule has 0 aromatic rings. The number of rotatable bonds is 0. The molecule has 8 nitrogen and oxygen atoms in total. The van der Waals surface area contributed by atoms with Crippen LogP contribution in [0.2, 0.25) is 0 Å². The Morgan fingerprint density at radius 2 is 0.914 bits per heavy atom. The number of aliphatic imine (C=N–C) groups is 2. The van der Waals surface area contributed by atoms with E-state index in [1.807, 2.05) is 0 Å². The Morgan fingerprint density at radius 3 is 1.31 bits per heavy atom. The number of amidine groups is 2. The van der Waals surface area contributed by atoms with Crippen molar-refractivity contribution in [2.75, 3.05) is 67.5 Å². The molecular weight excluding hydrogens is 436 g/mol. The van der Waals surface area contributed by atoms with Crippen LogP contribution in [-0.2, 0) is 0 Å². The maximum Gasteiger partial charge on any atom is 0.0902 e. The van der Waals surface area contributed by atoms with Crippen LogP contribution < -0.4 is 11.5 Å². The summed E-state index contributed by atoms with van der Waals surface area (Å²) in [5.74, 6) is 1.26. The summed E-state index contributed by atoms with van der Waals surface area (Å²) in [5.41, 5.74) is 10.1. The Morgan fingerprint density at radius 1 is 0.571 bits per heavy atom. The van der Waals surface area contributed by atoms with Crippen LogP contribution in [0.3, 0.4) is 0 Å². The van der Waals surface area contributed by atoms with Gasteiger partial charge in [0.2, 0.25) is 0 Å². The third-order valence-corrected chi connectivity index (χ3v) is 6.79. The van der Waals surface area contributed by atoms with Crippen LogP contribution in [0.5, 0.6) is 0 Å². The summed E-state index contributed by atoms with van der Waals surface area (Å²) in [4.78, 5) is 17.5. The molecule has 4 aliphatic rings. The molecule has 0 aliphatic carbocycles. The van der Waals surface area contributed by atoms with E-state index in [4.69, 9.17) is 11.5 Å². The van der Waals surface area contributed by atoms with E-state index in [1.165, 1.54) is 90.6 Å². The molecule has 212 valence electrons. The summed E-state index contributed by atoms with van der Waals surface area (Å²) in [6, 6.07) is 0. The zero-order valence-corrected chi connectivity index (χ0v) is 21.9. The number of fused-ring (bicyclic) bond motifs is 2. The lowest BCUT2D eigenvalue weighted by molar-refractivity contribution is 0.0237. The van der Waals surface area contributed by atoms with Crippen molar-refractivity contribution in [3.8, 4) is 0 Å². The van der Waals surface area contributed by atoms with Gasteiger partial charge in [0.15, 0.2) is 0 Å². The Labute approximate surface area is 220 Å². The van der Waals surface area contributed by atoms with Gasteiger partial charge in [-0.2, -0.15) is 0 Å². The van der Waals surface area contributed by atoms with Gasteiger partial charge in [-0.1, -0.05) is 35.1 Å². The maximum absolute atomic E-state index is 5.04. The van der Waals surface area contributed by atoms with Gasteiger partial charge in [-0.05, 0) is 79.6 Å². The average molecular weight is 501 g/mol. The number of hydrogen-bond acceptors (Lipinski definition) is 6. The smallest absolute Gasteiger partial charge is 0.0902 e. The molecule has 0 aromatic carbocycles. The minimum absolute atomic E-state index is 0. The molecule has 4 heterocycles. The second-order valence-electron chi connectivity index (χ2n) is 9.42. The topological polar surface area (TPSA) is 89.7 Å². The lowest BCUT2D eigenvalue weighted by Crippen LogP contribution is -2.51. The first-order valence-corrected chi connectivity index (χ1v) is 12.6. The Kier molecular flexibility index (Phi) is 24.1. The average Bonchev–Trinajstić information content (AvgIpc) is 3.14. The SMILES string of the molecule is C.C.C.CN1CCCN2CCCC12.CN1CCCN2CCCCCC12.CN=C(C)N.CN=C(C)N. The van der Waals surface area contributed by atoms with Gasteiger partial charge in [0.1, 0.15) is 0 Å². The van der Waals surface area contributed by atoms with Gasteiger partial charge in [-0.15, -0.1) is 0 Å².